The zero-order chi connectivity index (χ0) is 10.0. The third kappa shape index (κ3) is 2.29. The molecule has 2 heteroatoms. The van der Waals surface area contributed by atoms with E-state index in [0.29, 0.717) is 0 Å². The lowest BCUT2D eigenvalue weighted by Gasteiger charge is -2.16. The highest BCUT2D eigenvalue weighted by atomic mass is 16.3. The summed E-state index contributed by atoms with van der Waals surface area (Å²) in [5.74, 6) is 0. The monoisotopic (exact) mass is 179 g/mol. The second kappa shape index (κ2) is 3.90. The Kier molecular flexibility index (Phi) is 3.07. The maximum Gasteiger partial charge on any atom is 0.0704 e. The van der Waals surface area contributed by atoms with Gasteiger partial charge in [0.1, 0.15) is 0 Å². The fourth-order valence-electron chi connectivity index (χ4n) is 1.25. The molecule has 0 fully saturated rings. The molecule has 0 aliphatic carbocycles. The van der Waals surface area contributed by atoms with E-state index in [1.54, 1.807) is 6.92 Å². The van der Waals surface area contributed by atoms with Crippen molar-refractivity contribution in [2.45, 2.75) is 32.9 Å². The third-order valence-electron chi connectivity index (χ3n) is 2.44. The molecule has 0 saturated heterocycles. The average Bonchev–Trinajstić information content (AvgIpc) is 2.08. The van der Waals surface area contributed by atoms with E-state index in [1.165, 1.54) is 11.1 Å². The topological polar surface area (TPSA) is 46.2 Å². The third-order valence-corrected chi connectivity index (χ3v) is 2.44. The van der Waals surface area contributed by atoms with Crippen LogP contribution in [0.3, 0.4) is 0 Å². The Hall–Kier alpha value is -0.860. The summed E-state index contributed by atoms with van der Waals surface area (Å²) in [7, 11) is 0. The largest absolute Gasteiger partial charge is 0.391 e. The summed E-state index contributed by atoms with van der Waals surface area (Å²) >= 11 is 0. The van der Waals surface area contributed by atoms with Crippen LogP contribution in [-0.2, 0) is 0 Å². The number of hydrogen-bond donors (Lipinski definition) is 2. The van der Waals surface area contributed by atoms with Crippen LogP contribution in [0.5, 0.6) is 0 Å². The quantitative estimate of drug-likeness (QED) is 0.725. The van der Waals surface area contributed by atoms with Crippen LogP contribution in [0.4, 0.5) is 0 Å². The van der Waals surface area contributed by atoms with Crippen LogP contribution in [0, 0.1) is 13.8 Å². The molecule has 13 heavy (non-hydrogen) atoms. The summed E-state index contributed by atoms with van der Waals surface area (Å²) in [5, 5.41) is 9.31. The number of aliphatic hydroxyl groups is 1. The molecule has 3 N–H and O–H groups in total. The van der Waals surface area contributed by atoms with Crippen molar-refractivity contribution in [3.8, 4) is 0 Å². The first-order chi connectivity index (χ1) is 6.02. The first-order valence-electron chi connectivity index (χ1n) is 4.53. The zero-order valence-electron chi connectivity index (χ0n) is 8.41. The van der Waals surface area contributed by atoms with Crippen molar-refractivity contribution in [1.29, 1.82) is 0 Å². The van der Waals surface area contributed by atoms with E-state index in [9.17, 15) is 5.11 Å². The molecule has 0 aliphatic rings. The van der Waals surface area contributed by atoms with Gasteiger partial charge in [0.2, 0.25) is 0 Å². The highest BCUT2D eigenvalue weighted by Crippen LogP contribution is 2.17. The second-order valence-corrected chi connectivity index (χ2v) is 3.61. The molecule has 0 spiro atoms. The van der Waals surface area contributed by atoms with Crippen LogP contribution in [0.25, 0.3) is 0 Å². The van der Waals surface area contributed by atoms with Gasteiger partial charge in [0.25, 0.3) is 0 Å². The summed E-state index contributed by atoms with van der Waals surface area (Å²) in [6, 6.07) is 5.76. The Balaban J connectivity index is 2.97. The average molecular weight is 179 g/mol. The molecule has 2 nitrogen and oxygen atoms in total. The summed E-state index contributed by atoms with van der Waals surface area (Å²) in [6.07, 6.45) is -0.498. The Bertz CT molecular complexity index is 294. The van der Waals surface area contributed by atoms with Gasteiger partial charge in [-0.05, 0) is 37.5 Å². The van der Waals surface area contributed by atoms with E-state index in [1.807, 2.05) is 25.1 Å². The van der Waals surface area contributed by atoms with Gasteiger partial charge in [-0.3, -0.25) is 0 Å². The molecule has 1 aromatic rings. The lowest BCUT2D eigenvalue weighted by molar-refractivity contribution is 0.164. The Morgan fingerprint density at radius 1 is 1.23 bits per heavy atom. The zero-order valence-corrected chi connectivity index (χ0v) is 8.41. The van der Waals surface area contributed by atoms with Gasteiger partial charge >= 0.3 is 0 Å². The molecule has 1 aromatic carbocycles. The molecule has 0 aliphatic heterocycles. The molecule has 0 bridgehead atoms. The number of nitrogens with two attached hydrogens (primary N) is 1. The predicted molar refractivity (Wildman–Crippen MR) is 54.5 cm³/mol. The van der Waals surface area contributed by atoms with Crippen molar-refractivity contribution in [2.24, 2.45) is 5.73 Å². The maximum absolute atomic E-state index is 9.31. The number of rotatable bonds is 2. The summed E-state index contributed by atoms with van der Waals surface area (Å²) in [5.41, 5.74) is 9.27. The van der Waals surface area contributed by atoms with E-state index in [4.69, 9.17) is 5.73 Å². The molecule has 1 rings (SSSR count). The first-order valence-corrected chi connectivity index (χ1v) is 4.53. The highest BCUT2D eigenvalue weighted by Gasteiger charge is 2.11. The minimum absolute atomic E-state index is 0.278. The summed E-state index contributed by atoms with van der Waals surface area (Å²) in [4.78, 5) is 0. The number of hydrogen-bond acceptors (Lipinski definition) is 2. The van der Waals surface area contributed by atoms with E-state index >= 15 is 0 Å². The fraction of sp³-hybridized carbons (Fsp3) is 0.455. The minimum Gasteiger partial charge on any atom is -0.391 e. The SMILES string of the molecule is Cc1ccc([C@H](N)C(C)O)cc1C. The van der Waals surface area contributed by atoms with Gasteiger partial charge in [0.05, 0.1) is 12.1 Å². The lowest BCUT2D eigenvalue weighted by Crippen LogP contribution is -2.23. The Morgan fingerprint density at radius 2 is 1.85 bits per heavy atom. The molecule has 0 amide bonds. The molecule has 0 aromatic heterocycles. The van der Waals surface area contributed by atoms with Crippen molar-refractivity contribution in [2.75, 3.05) is 0 Å². The van der Waals surface area contributed by atoms with Gasteiger partial charge in [-0.2, -0.15) is 0 Å². The number of benzene rings is 1. The Labute approximate surface area is 79.4 Å². The minimum atomic E-state index is -0.498. The van der Waals surface area contributed by atoms with Crippen molar-refractivity contribution in [3.63, 3.8) is 0 Å². The number of aryl methyl sites for hydroxylation is 2. The number of aliphatic hydroxyl groups excluding tert-OH is 1. The van der Waals surface area contributed by atoms with Crippen LogP contribution in [-0.4, -0.2) is 11.2 Å². The molecule has 72 valence electrons. The van der Waals surface area contributed by atoms with E-state index < -0.39 is 6.10 Å². The van der Waals surface area contributed by atoms with Crippen LogP contribution in [0.2, 0.25) is 0 Å². The van der Waals surface area contributed by atoms with Crippen molar-refractivity contribution in [3.05, 3.63) is 34.9 Å². The normalized spacial score (nSPS) is 15.5. The van der Waals surface area contributed by atoms with E-state index in [-0.39, 0.29) is 6.04 Å². The fourth-order valence-corrected chi connectivity index (χ4v) is 1.25. The highest BCUT2D eigenvalue weighted by molar-refractivity contribution is 5.31. The van der Waals surface area contributed by atoms with Crippen LogP contribution >= 0.6 is 0 Å². The molecule has 0 heterocycles. The molecule has 1 unspecified atom stereocenters. The van der Waals surface area contributed by atoms with E-state index in [2.05, 4.69) is 6.92 Å². The van der Waals surface area contributed by atoms with Gasteiger partial charge in [0, 0.05) is 0 Å². The Morgan fingerprint density at radius 3 is 2.31 bits per heavy atom. The molecule has 2 atom stereocenters. The smallest absolute Gasteiger partial charge is 0.0704 e. The van der Waals surface area contributed by atoms with Crippen LogP contribution in [0.1, 0.15) is 29.7 Å². The van der Waals surface area contributed by atoms with Crippen molar-refractivity contribution in [1.82, 2.24) is 0 Å². The molecule has 0 radical (unpaired) electrons. The first kappa shape index (κ1) is 10.2. The van der Waals surface area contributed by atoms with Crippen molar-refractivity contribution < 1.29 is 5.11 Å². The van der Waals surface area contributed by atoms with Gasteiger partial charge in [-0.25, -0.2) is 0 Å². The van der Waals surface area contributed by atoms with E-state index in [0.717, 1.165) is 5.56 Å². The predicted octanol–water partition coefficient (Wildman–Crippen LogP) is 1.68. The molecular formula is C11H17NO. The van der Waals surface area contributed by atoms with Gasteiger partial charge < -0.3 is 10.8 Å². The standard InChI is InChI=1S/C11H17NO/c1-7-4-5-10(6-8(7)2)11(12)9(3)13/h4-6,9,11,13H,12H2,1-3H3/t9?,11-/m1/s1. The second-order valence-electron chi connectivity index (χ2n) is 3.61. The molecular weight excluding hydrogens is 162 g/mol. The van der Waals surface area contributed by atoms with Gasteiger partial charge in [-0.15, -0.1) is 0 Å². The maximum atomic E-state index is 9.31. The van der Waals surface area contributed by atoms with Crippen LogP contribution in [0.15, 0.2) is 18.2 Å². The summed E-state index contributed by atoms with van der Waals surface area (Å²) in [6.45, 7) is 5.82. The van der Waals surface area contributed by atoms with Gasteiger partial charge in [-0.1, -0.05) is 18.2 Å². The van der Waals surface area contributed by atoms with Gasteiger partial charge in [0.15, 0.2) is 0 Å². The van der Waals surface area contributed by atoms with Crippen LogP contribution < -0.4 is 5.73 Å². The molecule has 0 saturated carbocycles. The summed E-state index contributed by atoms with van der Waals surface area (Å²) < 4.78 is 0. The lowest BCUT2D eigenvalue weighted by atomic mass is 9.99. The van der Waals surface area contributed by atoms with Crippen molar-refractivity contribution >= 4 is 0 Å².